The Balaban J connectivity index is 0.00000144. The Morgan fingerprint density at radius 1 is 1.29 bits per heavy atom. The van der Waals surface area contributed by atoms with Crippen LogP contribution >= 0.6 is 12.4 Å². The maximum Gasteiger partial charge on any atom is 0.175 e. The first-order valence-electron chi connectivity index (χ1n) is 5.11. The summed E-state index contributed by atoms with van der Waals surface area (Å²) >= 11 is 0. The highest BCUT2D eigenvalue weighted by atomic mass is 35.5. The van der Waals surface area contributed by atoms with Crippen LogP contribution in [0.1, 0.15) is 12.8 Å². The maximum absolute atomic E-state index is 11.2. The van der Waals surface area contributed by atoms with E-state index in [0.29, 0.717) is 17.3 Å². The van der Waals surface area contributed by atoms with Crippen LogP contribution in [0.5, 0.6) is 5.75 Å². The van der Waals surface area contributed by atoms with E-state index in [1.165, 1.54) is 6.26 Å². The molecule has 1 fully saturated rings. The number of sulfone groups is 1. The molecule has 0 atom stereocenters. The lowest BCUT2D eigenvalue weighted by Gasteiger charge is -2.11. The molecule has 2 rings (SSSR count). The van der Waals surface area contributed by atoms with E-state index in [4.69, 9.17) is 10.5 Å². The normalized spacial score (nSPS) is 17.1. The second-order valence-corrected chi connectivity index (χ2v) is 6.41. The van der Waals surface area contributed by atoms with Gasteiger partial charge in [0.25, 0.3) is 0 Å². The van der Waals surface area contributed by atoms with Gasteiger partial charge >= 0.3 is 0 Å². The van der Waals surface area contributed by atoms with Crippen LogP contribution in [0.4, 0.5) is 0 Å². The minimum absolute atomic E-state index is 0. The SMILES string of the molecule is CS(=O)(=O)c1ccc(OCC2(N)CC2)cc1.Cl. The fraction of sp³-hybridized carbons (Fsp3) is 0.455. The number of hydrogen-bond acceptors (Lipinski definition) is 4. The molecule has 17 heavy (non-hydrogen) atoms. The molecule has 0 saturated heterocycles. The van der Waals surface area contributed by atoms with E-state index < -0.39 is 9.84 Å². The predicted molar refractivity (Wildman–Crippen MR) is 68.4 cm³/mol. The minimum Gasteiger partial charge on any atom is -0.492 e. The highest BCUT2D eigenvalue weighted by Crippen LogP contribution is 2.32. The molecule has 1 aliphatic carbocycles. The smallest absolute Gasteiger partial charge is 0.175 e. The van der Waals surface area contributed by atoms with Crippen molar-refractivity contribution in [2.45, 2.75) is 23.3 Å². The minimum atomic E-state index is -3.13. The summed E-state index contributed by atoms with van der Waals surface area (Å²) in [7, 11) is -3.13. The summed E-state index contributed by atoms with van der Waals surface area (Å²) in [5.74, 6) is 0.657. The van der Waals surface area contributed by atoms with Crippen molar-refractivity contribution < 1.29 is 13.2 Å². The molecule has 1 aromatic rings. The number of halogens is 1. The fourth-order valence-corrected chi connectivity index (χ4v) is 1.95. The third-order valence-corrected chi connectivity index (χ3v) is 3.80. The molecule has 0 aromatic heterocycles. The summed E-state index contributed by atoms with van der Waals surface area (Å²) in [4.78, 5) is 0.300. The molecule has 0 unspecified atom stereocenters. The second-order valence-electron chi connectivity index (χ2n) is 4.39. The van der Waals surface area contributed by atoms with E-state index in [0.717, 1.165) is 12.8 Å². The van der Waals surface area contributed by atoms with Crippen molar-refractivity contribution in [3.05, 3.63) is 24.3 Å². The van der Waals surface area contributed by atoms with E-state index in [1.54, 1.807) is 24.3 Å². The zero-order valence-corrected chi connectivity index (χ0v) is 11.2. The van der Waals surface area contributed by atoms with Crippen LogP contribution in [-0.2, 0) is 9.84 Å². The molecule has 0 amide bonds. The molecule has 0 aliphatic heterocycles. The van der Waals surface area contributed by atoms with Gasteiger partial charge in [-0.05, 0) is 37.1 Å². The van der Waals surface area contributed by atoms with Crippen LogP contribution in [0.2, 0.25) is 0 Å². The molecule has 96 valence electrons. The predicted octanol–water partition coefficient (Wildman–Crippen LogP) is 1.38. The number of rotatable bonds is 4. The molecule has 6 heteroatoms. The van der Waals surface area contributed by atoms with Gasteiger partial charge < -0.3 is 10.5 Å². The summed E-state index contributed by atoms with van der Waals surface area (Å²) in [6.45, 7) is 0.491. The van der Waals surface area contributed by atoms with E-state index in [-0.39, 0.29) is 17.9 Å². The van der Waals surface area contributed by atoms with Crippen LogP contribution in [0.3, 0.4) is 0 Å². The Bertz CT molecular complexity index is 480. The van der Waals surface area contributed by atoms with Gasteiger partial charge in [-0.2, -0.15) is 0 Å². The topological polar surface area (TPSA) is 69.4 Å². The second kappa shape index (κ2) is 4.84. The molecule has 0 bridgehead atoms. The summed E-state index contributed by atoms with van der Waals surface area (Å²) in [6.07, 6.45) is 3.17. The van der Waals surface area contributed by atoms with E-state index >= 15 is 0 Å². The Morgan fingerprint density at radius 2 is 1.82 bits per heavy atom. The summed E-state index contributed by atoms with van der Waals surface area (Å²) in [5.41, 5.74) is 5.72. The molecule has 2 N–H and O–H groups in total. The Labute approximate surface area is 107 Å². The van der Waals surface area contributed by atoms with Gasteiger partial charge in [0.15, 0.2) is 9.84 Å². The lowest BCUT2D eigenvalue weighted by Crippen LogP contribution is -2.29. The highest BCUT2D eigenvalue weighted by molar-refractivity contribution is 7.90. The third-order valence-electron chi connectivity index (χ3n) is 2.67. The molecule has 1 saturated carbocycles. The van der Waals surface area contributed by atoms with Gasteiger partial charge in [-0.15, -0.1) is 12.4 Å². The van der Waals surface area contributed by atoms with Gasteiger partial charge in [-0.25, -0.2) is 8.42 Å². The van der Waals surface area contributed by atoms with Gasteiger partial charge in [0, 0.05) is 6.26 Å². The molecule has 1 aliphatic rings. The Morgan fingerprint density at radius 3 is 2.24 bits per heavy atom. The van der Waals surface area contributed by atoms with Crippen molar-refractivity contribution >= 4 is 22.2 Å². The average molecular weight is 278 g/mol. The highest BCUT2D eigenvalue weighted by Gasteiger charge is 2.39. The zero-order valence-electron chi connectivity index (χ0n) is 9.55. The molecular weight excluding hydrogens is 262 g/mol. The number of hydrogen-bond donors (Lipinski definition) is 1. The van der Waals surface area contributed by atoms with Crippen LogP contribution < -0.4 is 10.5 Å². The van der Waals surface area contributed by atoms with Crippen molar-refractivity contribution in [3.8, 4) is 5.75 Å². The molecule has 1 aromatic carbocycles. The van der Waals surface area contributed by atoms with Crippen molar-refractivity contribution in [3.63, 3.8) is 0 Å². The monoisotopic (exact) mass is 277 g/mol. The van der Waals surface area contributed by atoms with Gasteiger partial charge in [0.05, 0.1) is 10.4 Å². The average Bonchev–Trinajstić information content (AvgIpc) is 2.94. The van der Waals surface area contributed by atoms with E-state index in [9.17, 15) is 8.42 Å². The van der Waals surface area contributed by atoms with E-state index in [2.05, 4.69) is 0 Å². The summed E-state index contributed by atoms with van der Waals surface area (Å²) in [5, 5.41) is 0. The third kappa shape index (κ3) is 3.87. The molecule has 0 radical (unpaired) electrons. The quantitative estimate of drug-likeness (QED) is 0.903. The largest absolute Gasteiger partial charge is 0.492 e. The van der Waals surface area contributed by atoms with Crippen molar-refractivity contribution in [2.75, 3.05) is 12.9 Å². The lowest BCUT2D eigenvalue weighted by molar-refractivity contribution is 0.279. The number of nitrogens with two attached hydrogens (primary N) is 1. The fourth-order valence-electron chi connectivity index (χ4n) is 1.32. The molecule has 4 nitrogen and oxygen atoms in total. The summed E-state index contributed by atoms with van der Waals surface area (Å²) in [6, 6.07) is 6.39. The summed E-state index contributed by atoms with van der Waals surface area (Å²) < 4.78 is 27.9. The first-order valence-corrected chi connectivity index (χ1v) is 7.00. The van der Waals surface area contributed by atoms with Crippen LogP contribution in [-0.4, -0.2) is 26.8 Å². The van der Waals surface area contributed by atoms with Crippen molar-refractivity contribution in [1.82, 2.24) is 0 Å². The van der Waals surface area contributed by atoms with Crippen LogP contribution in [0, 0.1) is 0 Å². The van der Waals surface area contributed by atoms with E-state index in [1.807, 2.05) is 0 Å². The first-order chi connectivity index (χ1) is 7.39. The number of ether oxygens (including phenoxy) is 1. The Kier molecular flexibility index (Phi) is 4.06. The van der Waals surface area contributed by atoms with Gasteiger partial charge in [-0.3, -0.25) is 0 Å². The molecule has 0 heterocycles. The molecular formula is C11H16ClNO3S. The van der Waals surface area contributed by atoms with Crippen LogP contribution in [0.15, 0.2) is 29.2 Å². The standard InChI is InChI=1S/C11H15NO3S.ClH/c1-16(13,14)10-4-2-9(3-5-10)15-8-11(12)6-7-11;/h2-5H,6-8,12H2,1H3;1H. The van der Waals surface area contributed by atoms with Gasteiger partial charge in [-0.1, -0.05) is 0 Å². The molecule has 0 spiro atoms. The first kappa shape index (κ1) is 14.3. The maximum atomic E-state index is 11.2. The van der Waals surface area contributed by atoms with Crippen LogP contribution in [0.25, 0.3) is 0 Å². The Hall–Kier alpha value is -0.780. The van der Waals surface area contributed by atoms with Gasteiger partial charge in [0.2, 0.25) is 0 Å². The zero-order chi connectivity index (χ0) is 11.8. The van der Waals surface area contributed by atoms with Crippen molar-refractivity contribution in [2.24, 2.45) is 5.73 Å². The van der Waals surface area contributed by atoms with Gasteiger partial charge in [0.1, 0.15) is 12.4 Å². The lowest BCUT2D eigenvalue weighted by atomic mass is 10.3. The number of benzene rings is 1. The van der Waals surface area contributed by atoms with Crippen molar-refractivity contribution in [1.29, 1.82) is 0 Å².